The van der Waals surface area contributed by atoms with Crippen LogP contribution >= 0.6 is 0 Å². The topological polar surface area (TPSA) is 102 Å². The highest BCUT2D eigenvalue weighted by Crippen LogP contribution is 2.24. The third-order valence-electron chi connectivity index (χ3n) is 5.90. The molecule has 3 aromatic heterocycles. The molecule has 168 valence electrons. The van der Waals surface area contributed by atoms with E-state index in [1.165, 1.54) is 0 Å². The van der Waals surface area contributed by atoms with Crippen molar-refractivity contribution in [3.05, 3.63) is 77.7 Å². The lowest BCUT2D eigenvalue weighted by atomic mass is 10.00. The molecule has 1 fully saturated rings. The van der Waals surface area contributed by atoms with E-state index in [-0.39, 0.29) is 5.69 Å². The number of rotatable bonds is 5. The van der Waals surface area contributed by atoms with E-state index >= 15 is 0 Å². The van der Waals surface area contributed by atoms with Crippen LogP contribution in [0.2, 0.25) is 0 Å². The molecule has 0 saturated carbocycles. The first-order valence-corrected chi connectivity index (χ1v) is 11.0. The molecule has 8 nitrogen and oxygen atoms in total. The smallest absolute Gasteiger partial charge is 0.272 e. The molecule has 8 heteroatoms. The average molecular weight is 444 g/mol. The highest BCUT2D eigenvalue weighted by molar-refractivity contribution is 5.96. The highest BCUT2D eigenvalue weighted by Gasteiger charge is 2.32. The van der Waals surface area contributed by atoms with Crippen LogP contribution in [0.3, 0.4) is 0 Å². The van der Waals surface area contributed by atoms with Gasteiger partial charge < -0.3 is 15.2 Å². The number of nitrogens with zero attached hydrogens (tertiary/aromatic N) is 4. The van der Waals surface area contributed by atoms with E-state index in [4.69, 9.17) is 4.74 Å². The molecule has 0 spiro atoms. The van der Waals surface area contributed by atoms with Crippen molar-refractivity contribution in [3.63, 3.8) is 0 Å². The third-order valence-corrected chi connectivity index (χ3v) is 5.90. The van der Waals surface area contributed by atoms with Gasteiger partial charge in [-0.3, -0.25) is 14.5 Å². The van der Waals surface area contributed by atoms with Crippen molar-refractivity contribution in [2.24, 2.45) is 7.05 Å². The van der Waals surface area contributed by atoms with Crippen LogP contribution in [0.25, 0.3) is 22.3 Å². The fourth-order valence-electron chi connectivity index (χ4n) is 4.07. The lowest BCUT2D eigenvalue weighted by Gasteiger charge is -2.32. The van der Waals surface area contributed by atoms with Crippen LogP contribution in [-0.4, -0.2) is 49.7 Å². The number of para-hydroxylation sites is 1. The molecule has 1 saturated heterocycles. The summed E-state index contributed by atoms with van der Waals surface area (Å²) in [6, 6.07) is 15.5. The fraction of sp³-hybridized carbons (Fsp3) is 0.280. The Bertz CT molecular complexity index is 1290. The number of hydrogen-bond donors (Lipinski definition) is 2. The second-order valence-electron chi connectivity index (χ2n) is 8.38. The Morgan fingerprint density at radius 2 is 1.97 bits per heavy atom. The molecule has 0 atom stereocenters. The summed E-state index contributed by atoms with van der Waals surface area (Å²) in [5.41, 5.74) is 3.36. The molecular formula is C25H25N5O3. The Morgan fingerprint density at radius 3 is 2.70 bits per heavy atom. The van der Waals surface area contributed by atoms with Gasteiger partial charge in [-0.25, -0.2) is 4.98 Å². The van der Waals surface area contributed by atoms with Gasteiger partial charge in [0.05, 0.1) is 24.4 Å². The molecule has 0 aliphatic carbocycles. The van der Waals surface area contributed by atoms with Crippen LogP contribution in [0, 0.1) is 0 Å². The quantitative estimate of drug-likeness (QED) is 0.460. The summed E-state index contributed by atoms with van der Waals surface area (Å²) in [4.78, 5) is 22.1. The molecule has 0 radical (unpaired) electrons. The van der Waals surface area contributed by atoms with Crippen molar-refractivity contribution in [3.8, 4) is 11.4 Å². The molecule has 2 N–H and O–H groups in total. The number of fused-ring (bicyclic) bond motifs is 1. The van der Waals surface area contributed by atoms with Gasteiger partial charge in [-0.15, -0.1) is 0 Å². The van der Waals surface area contributed by atoms with Gasteiger partial charge >= 0.3 is 0 Å². The van der Waals surface area contributed by atoms with Crippen molar-refractivity contribution < 1.29 is 14.6 Å². The van der Waals surface area contributed by atoms with Crippen LogP contribution in [-0.2, 0) is 18.2 Å². The predicted octanol–water partition coefficient (Wildman–Crippen LogP) is 2.85. The minimum absolute atomic E-state index is 0.279. The number of aliphatic hydroxyl groups is 1. The van der Waals surface area contributed by atoms with Crippen molar-refractivity contribution in [1.82, 2.24) is 25.1 Å². The molecule has 4 heterocycles. The monoisotopic (exact) mass is 443 g/mol. The summed E-state index contributed by atoms with van der Waals surface area (Å²) < 4.78 is 7.04. The first-order chi connectivity index (χ1) is 16.0. The summed E-state index contributed by atoms with van der Waals surface area (Å²) in [5, 5.41) is 18.8. The Morgan fingerprint density at radius 1 is 1.15 bits per heavy atom. The molecule has 1 amide bonds. The number of hydrogen-bond acceptors (Lipinski definition) is 6. The molecule has 5 rings (SSSR count). The number of ether oxygens (including phenoxy) is 1. The lowest BCUT2D eigenvalue weighted by Crippen LogP contribution is -2.52. The minimum Gasteiger partial charge on any atom is -0.381 e. The zero-order chi connectivity index (χ0) is 22.8. The maximum absolute atomic E-state index is 13.0. The minimum atomic E-state index is -1.27. The van der Waals surface area contributed by atoms with Gasteiger partial charge in [0.15, 0.2) is 0 Å². The van der Waals surface area contributed by atoms with Crippen LogP contribution in [0.15, 0.2) is 60.9 Å². The van der Waals surface area contributed by atoms with E-state index < -0.39 is 11.6 Å². The number of carbonyl (C=O) groups excluding carboxylic acids is 1. The predicted molar refractivity (Wildman–Crippen MR) is 123 cm³/mol. The molecule has 4 aromatic rings. The second-order valence-corrected chi connectivity index (χ2v) is 8.38. The number of aryl methyl sites for hydroxylation is 1. The summed E-state index contributed by atoms with van der Waals surface area (Å²) in [7, 11) is 1.88. The zero-order valence-electron chi connectivity index (χ0n) is 18.4. The molecule has 1 aromatic carbocycles. The molecular weight excluding hydrogens is 418 g/mol. The third kappa shape index (κ3) is 4.62. The van der Waals surface area contributed by atoms with Crippen LogP contribution < -0.4 is 5.32 Å². The van der Waals surface area contributed by atoms with Gasteiger partial charge in [0.25, 0.3) is 5.91 Å². The van der Waals surface area contributed by atoms with Crippen LogP contribution in [0.5, 0.6) is 0 Å². The van der Waals surface area contributed by atoms with Gasteiger partial charge in [-0.2, -0.15) is 5.10 Å². The van der Waals surface area contributed by atoms with Gasteiger partial charge in [0, 0.05) is 37.7 Å². The van der Waals surface area contributed by atoms with E-state index in [1.807, 2.05) is 61.9 Å². The Labute approximate surface area is 191 Å². The molecule has 0 unspecified atom stereocenters. The number of aromatic nitrogens is 4. The van der Waals surface area contributed by atoms with E-state index in [1.54, 1.807) is 10.7 Å². The normalized spacial score (nSPS) is 15.5. The van der Waals surface area contributed by atoms with Crippen molar-refractivity contribution in [2.75, 3.05) is 13.2 Å². The van der Waals surface area contributed by atoms with Gasteiger partial charge in [0.2, 0.25) is 0 Å². The van der Waals surface area contributed by atoms with E-state index in [2.05, 4.69) is 20.4 Å². The summed E-state index contributed by atoms with van der Waals surface area (Å²) >= 11 is 0. The number of benzene rings is 1. The van der Waals surface area contributed by atoms with E-state index in [0.717, 1.165) is 33.4 Å². The fourth-order valence-corrected chi connectivity index (χ4v) is 4.07. The van der Waals surface area contributed by atoms with Crippen molar-refractivity contribution >= 4 is 16.8 Å². The number of nitrogens with one attached hydrogen (secondary N) is 1. The Hall–Kier alpha value is -3.62. The highest BCUT2D eigenvalue weighted by atomic mass is 16.5. The molecule has 1 aliphatic heterocycles. The van der Waals surface area contributed by atoms with Gasteiger partial charge in [0.1, 0.15) is 17.1 Å². The zero-order valence-corrected chi connectivity index (χ0v) is 18.4. The van der Waals surface area contributed by atoms with Crippen molar-refractivity contribution in [2.45, 2.75) is 25.0 Å². The van der Waals surface area contributed by atoms with Gasteiger partial charge in [-0.1, -0.05) is 24.3 Å². The number of carbonyl (C=O) groups is 1. The largest absolute Gasteiger partial charge is 0.381 e. The average Bonchev–Trinajstić information content (AvgIpc) is 3.26. The number of pyridine rings is 2. The lowest BCUT2D eigenvalue weighted by molar-refractivity contribution is -0.0781. The van der Waals surface area contributed by atoms with E-state index in [0.29, 0.717) is 32.5 Å². The maximum atomic E-state index is 13.0. The van der Waals surface area contributed by atoms with E-state index in [9.17, 15) is 9.90 Å². The van der Waals surface area contributed by atoms with Crippen molar-refractivity contribution in [1.29, 1.82) is 0 Å². The standard InChI is InChI=1S/C25H25N5O3/c1-30-11-8-22(29-30)21-7-6-17(16-26-21)14-18-15-23(27-20-5-3-2-4-19(18)20)24(31)28-25(32)9-12-33-13-10-25/h2-8,11,15-16,32H,9-10,12-14H2,1H3,(H,28,31). The first kappa shape index (κ1) is 21.2. The van der Waals surface area contributed by atoms with Crippen LogP contribution in [0.1, 0.15) is 34.5 Å². The number of amides is 1. The Kier molecular flexibility index (Phi) is 5.62. The van der Waals surface area contributed by atoms with Gasteiger partial charge in [-0.05, 0) is 41.8 Å². The molecule has 0 bridgehead atoms. The molecule has 1 aliphatic rings. The summed E-state index contributed by atoms with van der Waals surface area (Å²) in [6.07, 6.45) is 5.03. The van der Waals surface area contributed by atoms with Crippen LogP contribution in [0.4, 0.5) is 0 Å². The first-order valence-electron chi connectivity index (χ1n) is 11.0. The summed E-state index contributed by atoms with van der Waals surface area (Å²) in [6.45, 7) is 0.823. The second kappa shape index (κ2) is 8.73. The molecule has 33 heavy (non-hydrogen) atoms. The Balaban J connectivity index is 1.43. The SMILES string of the molecule is Cn1ccc(-c2ccc(Cc3cc(C(=O)NC4(O)CCOCC4)nc4ccccc34)cn2)n1. The summed E-state index contributed by atoms with van der Waals surface area (Å²) in [5.74, 6) is -0.393. The maximum Gasteiger partial charge on any atom is 0.272 e.